The first-order valence-electron chi connectivity index (χ1n) is 4.93. The van der Waals surface area contributed by atoms with E-state index in [1.165, 1.54) is 0 Å². The van der Waals surface area contributed by atoms with Crippen molar-refractivity contribution in [3.8, 4) is 5.88 Å². The summed E-state index contributed by atoms with van der Waals surface area (Å²) in [6.45, 7) is 4.58. The van der Waals surface area contributed by atoms with Gasteiger partial charge >= 0.3 is 0 Å². The van der Waals surface area contributed by atoms with Gasteiger partial charge < -0.3 is 15.4 Å². The fourth-order valence-electron chi connectivity index (χ4n) is 1.06. The van der Waals surface area contributed by atoms with Crippen molar-refractivity contribution in [2.45, 2.75) is 19.4 Å². The number of halogens is 1. The summed E-state index contributed by atoms with van der Waals surface area (Å²) >= 11 is 3.31. The van der Waals surface area contributed by atoms with Crippen LogP contribution in [0.5, 0.6) is 5.88 Å². The predicted molar refractivity (Wildman–Crippen MR) is 67.8 cm³/mol. The number of nitrogens with zero attached hydrogens (tertiary/aromatic N) is 3. The van der Waals surface area contributed by atoms with E-state index in [-0.39, 0.29) is 5.54 Å². The molecular formula is C10H17BrN4O. The number of aromatic nitrogens is 2. The summed E-state index contributed by atoms with van der Waals surface area (Å²) in [7, 11) is 3.49. The van der Waals surface area contributed by atoms with Crippen LogP contribution in [0.2, 0.25) is 0 Å². The second-order valence-corrected chi connectivity index (χ2v) is 4.96. The van der Waals surface area contributed by atoms with Crippen molar-refractivity contribution >= 4 is 21.9 Å². The zero-order valence-electron chi connectivity index (χ0n) is 9.99. The zero-order chi connectivity index (χ0) is 12.3. The highest BCUT2D eigenvalue weighted by Gasteiger charge is 2.24. The lowest BCUT2D eigenvalue weighted by atomic mass is 10.1. The maximum absolute atomic E-state index is 5.71. The first-order chi connectivity index (χ1) is 7.42. The van der Waals surface area contributed by atoms with Crippen molar-refractivity contribution in [1.82, 2.24) is 9.97 Å². The predicted octanol–water partition coefficient (Wildman–Crippen LogP) is 1.42. The average molecular weight is 289 g/mol. The van der Waals surface area contributed by atoms with E-state index in [1.54, 1.807) is 13.3 Å². The SMILES string of the molecule is COc1nc(N(C)C(C)(C)CN)ncc1Br. The van der Waals surface area contributed by atoms with Crippen molar-refractivity contribution in [3.63, 3.8) is 0 Å². The van der Waals surface area contributed by atoms with Crippen molar-refractivity contribution < 1.29 is 4.74 Å². The highest BCUT2D eigenvalue weighted by Crippen LogP contribution is 2.25. The number of rotatable bonds is 4. The van der Waals surface area contributed by atoms with E-state index in [4.69, 9.17) is 10.5 Å². The van der Waals surface area contributed by atoms with Gasteiger partial charge in [0.2, 0.25) is 11.8 Å². The van der Waals surface area contributed by atoms with Crippen LogP contribution in [0.25, 0.3) is 0 Å². The molecule has 2 N–H and O–H groups in total. The van der Waals surface area contributed by atoms with E-state index in [0.29, 0.717) is 18.4 Å². The Morgan fingerprint density at radius 3 is 2.69 bits per heavy atom. The molecule has 1 heterocycles. The number of hydrogen-bond acceptors (Lipinski definition) is 5. The van der Waals surface area contributed by atoms with Crippen molar-refractivity contribution in [2.75, 3.05) is 25.6 Å². The molecule has 0 unspecified atom stereocenters. The molecule has 0 fully saturated rings. The van der Waals surface area contributed by atoms with Crippen LogP contribution < -0.4 is 15.4 Å². The molecule has 0 aliphatic rings. The third-order valence-corrected chi connectivity index (χ3v) is 3.14. The molecule has 5 nitrogen and oxygen atoms in total. The van der Waals surface area contributed by atoms with Gasteiger partial charge in [0, 0.05) is 19.1 Å². The van der Waals surface area contributed by atoms with Gasteiger partial charge in [0.25, 0.3) is 0 Å². The summed E-state index contributed by atoms with van der Waals surface area (Å²) in [5.74, 6) is 1.11. The van der Waals surface area contributed by atoms with Crippen LogP contribution in [0.3, 0.4) is 0 Å². The lowest BCUT2D eigenvalue weighted by Crippen LogP contribution is -2.48. The fourth-order valence-corrected chi connectivity index (χ4v) is 1.41. The second kappa shape index (κ2) is 4.97. The lowest BCUT2D eigenvalue weighted by molar-refractivity contribution is 0.391. The molecule has 0 saturated heterocycles. The van der Waals surface area contributed by atoms with Crippen LogP contribution in [-0.4, -0.2) is 36.2 Å². The molecule has 0 aliphatic carbocycles. The van der Waals surface area contributed by atoms with Crippen LogP contribution in [0, 0.1) is 0 Å². The molecule has 0 atom stereocenters. The monoisotopic (exact) mass is 288 g/mol. The first-order valence-corrected chi connectivity index (χ1v) is 5.72. The van der Waals surface area contributed by atoms with Crippen molar-refractivity contribution in [3.05, 3.63) is 10.7 Å². The third kappa shape index (κ3) is 2.62. The van der Waals surface area contributed by atoms with Gasteiger partial charge in [0.05, 0.1) is 17.8 Å². The van der Waals surface area contributed by atoms with Gasteiger partial charge in [0.15, 0.2) is 0 Å². The van der Waals surface area contributed by atoms with E-state index >= 15 is 0 Å². The Labute approximate surface area is 104 Å². The van der Waals surface area contributed by atoms with Gasteiger partial charge in [-0.05, 0) is 29.8 Å². The Kier molecular flexibility index (Phi) is 4.09. The highest BCUT2D eigenvalue weighted by molar-refractivity contribution is 9.10. The molecule has 90 valence electrons. The smallest absolute Gasteiger partial charge is 0.232 e. The first kappa shape index (κ1) is 13.2. The molecule has 0 aromatic carbocycles. The molecule has 16 heavy (non-hydrogen) atoms. The number of likely N-dealkylation sites (N-methyl/N-ethyl adjacent to an activating group) is 1. The summed E-state index contributed by atoms with van der Waals surface area (Å²) in [6.07, 6.45) is 1.67. The normalized spacial score (nSPS) is 11.4. The topological polar surface area (TPSA) is 64.3 Å². The summed E-state index contributed by atoms with van der Waals surface area (Å²) in [5.41, 5.74) is 5.51. The van der Waals surface area contributed by atoms with Crippen LogP contribution in [0.4, 0.5) is 5.95 Å². The van der Waals surface area contributed by atoms with Gasteiger partial charge in [-0.15, -0.1) is 0 Å². The molecular weight excluding hydrogens is 272 g/mol. The van der Waals surface area contributed by atoms with Gasteiger partial charge in [-0.2, -0.15) is 4.98 Å². The molecule has 0 bridgehead atoms. The second-order valence-electron chi connectivity index (χ2n) is 4.10. The molecule has 1 aromatic rings. The molecule has 0 spiro atoms. The number of ether oxygens (including phenoxy) is 1. The number of anilines is 1. The maximum Gasteiger partial charge on any atom is 0.232 e. The van der Waals surface area contributed by atoms with Crippen LogP contribution in [0.1, 0.15) is 13.8 Å². The fraction of sp³-hybridized carbons (Fsp3) is 0.600. The molecule has 0 amide bonds. The maximum atomic E-state index is 5.71. The molecule has 0 radical (unpaired) electrons. The standard InChI is InChI=1S/C10H17BrN4O/c1-10(2,6-12)15(3)9-13-5-7(11)8(14-9)16-4/h5H,6,12H2,1-4H3. The Morgan fingerprint density at radius 2 is 2.19 bits per heavy atom. The number of hydrogen-bond donors (Lipinski definition) is 1. The largest absolute Gasteiger partial charge is 0.480 e. The van der Waals surface area contributed by atoms with Crippen LogP contribution in [-0.2, 0) is 0 Å². The van der Waals surface area contributed by atoms with E-state index in [0.717, 1.165) is 4.47 Å². The molecule has 1 aromatic heterocycles. The van der Waals surface area contributed by atoms with E-state index in [2.05, 4.69) is 25.9 Å². The van der Waals surface area contributed by atoms with Crippen molar-refractivity contribution in [1.29, 1.82) is 0 Å². The minimum absolute atomic E-state index is 0.196. The van der Waals surface area contributed by atoms with E-state index < -0.39 is 0 Å². The Bertz CT molecular complexity index is 370. The van der Waals surface area contributed by atoms with Crippen LogP contribution in [0.15, 0.2) is 10.7 Å². The number of nitrogens with two attached hydrogens (primary N) is 1. The van der Waals surface area contributed by atoms with Crippen molar-refractivity contribution in [2.24, 2.45) is 5.73 Å². The van der Waals surface area contributed by atoms with Crippen LogP contribution >= 0.6 is 15.9 Å². The Morgan fingerprint density at radius 1 is 1.56 bits per heavy atom. The highest BCUT2D eigenvalue weighted by atomic mass is 79.9. The summed E-state index contributed by atoms with van der Waals surface area (Å²) in [6, 6.07) is 0. The minimum atomic E-state index is -0.196. The molecule has 0 aliphatic heterocycles. The summed E-state index contributed by atoms with van der Waals surface area (Å²) in [5, 5.41) is 0. The Hall–Kier alpha value is -0.880. The molecule has 6 heteroatoms. The summed E-state index contributed by atoms with van der Waals surface area (Å²) in [4.78, 5) is 10.5. The molecule has 0 saturated carbocycles. The quantitative estimate of drug-likeness (QED) is 0.908. The lowest BCUT2D eigenvalue weighted by Gasteiger charge is -2.34. The Balaban J connectivity index is 3.05. The molecule has 1 rings (SSSR count). The number of methoxy groups -OCH3 is 1. The summed E-state index contributed by atoms with van der Waals surface area (Å²) < 4.78 is 5.86. The third-order valence-electron chi connectivity index (χ3n) is 2.60. The van der Waals surface area contributed by atoms with Gasteiger partial charge in [-0.1, -0.05) is 0 Å². The average Bonchev–Trinajstić information content (AvgIpc) is 2.28. The minimum Gasteiger partial charge on any atom is -0.480 e. The van der Waals surface area contributed by atoms with Gasteiger partial charge in [0.1, 0.15) is 0 Å². The van der Waals surface area contributed by atoms with Gasteiger partial charge in [-0.3, -0.25) is 0 Å². The van der Waals surface area contributed by atoms with Gasteiger partial charge in [-0.25, -0.2) is 4.98 Å². The zero-order valence-corrected chi connectivity index (χ0v) is 11.6. The van der Waals surface area contributed by atoms with E-state index in [9.17, 15) is 0 Å². The van der Waals surface area contributed by atoms with E-state index in [1.807, 2.05) is 25.8 Å².